The molecule has 196 valence electrons. The third kappa shape index (κ3) is 5.89. The minimum atomic E-state index is -4.07. The number of nitrogens with one attached hydrogen (secondary N) is 2. The Balaban J connectivity index is 1.69. The molecule has 2 N–H and O–H groups in total. The maximum absolute atomic E-state index is 13.6. The summed E-state index contributed by atoms with van der Waals surface area (Å²) in [6.45, 7) is 2.04. The zero-order valence-electron chi connectivity index (χ0n) is 20.8. The van der Waals surface area contributed by atoms with Crippen LogP contribution in [0.5, 0.6) is 17.2 Å². The number of amides is 1. The molecule has 0 bridgehead atoms. The molecule has 1 aliphatic heterocycles. The molecular weight excluding hydrogens is 498 g/mol. The zero-order valence-corrected chi connectivity index (χ0v) is 21.6. The first kappa shape index (κ1) is 26.1. The van der Waals surface area contributed by atoms with Crippen molar-refractivity contribution in [2.45, 2.75) is 4.90 Å². The van der Waals surface area contributed by atoms with Gasteiger partial charge in [-0.1, -0.05) is 12.1 Å². The number of hydrogen-bond donors (Lipinski definition) is 2. The molecule has 10 nitrogen and oxygen atoms in total. The Bertz CT molecular complexity index is 1370. The smallest absolute Gasteiger partial charge is 0.264 e. The van der Waals surface area contributed by atoms with Crippen molar-refractivity contribution in [3.05, 3.63) is 66.2 Å². The van der Waals surface area contributed by atoms with E-state index in [4.69, 9.17) is 18.9 Å². The van der Waals surface area contributed by atoms with Crippen LogP contribution in [0.25, 0.3) is 0 Å². The normalized spacial score (nSPS) is 13.5. The molecule has 0 radical (unpaired) electrons. The number of hydrogen-bond acceptors (Lipinski definition) is 8. The van der Waals surface area contributed by atoms with Crippen LogP contribution in [0.3, 0.4) is 0 Å². The van der Waals surface area contributed by atoms with Crippen LogP contribution in [0.15, 0.2) is 65.6 Å². The second-order valence-electron chi connectivity index (χ2n) is 8.11. The summed E-state index contributed by atoms with van der Waals surface area (Å²) in [6, 6.07) is 16.3. The first-order valence-corrected chi connectivity index (χ1v) is 13.0. The summed E-state index contributed by atoms with van der Waals surface area (Å²) in [5.41, 5.74) is 1.45. The molecule has 0 saturated carbocycles. The monoisotopic (exact) mass is 527 g/mol. The summed E-state index contributed by atoms with van der Waals surface area (Å²) >= 11 is 0. The van der Waals surface area contributed by atoms with E-state index in [1.54, 1.807) is 54.6 Å². The Morgan fingerprint density at radius 1 is 0.865 bits per heavy atom. The van der Waals surface area contributed by atoms with Crippen molar-refractivity contribution in [1.29, 1.82) is 0 Å². The Labute approximate surface area is 216 Å². The predicted octanol–water partition coefficient (Wildman–Crippen LogP) is 3.60. The van der Waals surface area contributed by atoms with Crippen molar-refractivity contribution in [2.75, 3.05) is 62.6 Å². The van der Waals surface area contributed by atoms with Gasteiger partial charge in [-0.3, -0.25) is 9.52 Å². The van der Waals surface area contributed by atoms with E-state index in [1.807, 2.05) is 4.90 Å². The predicted molar refractivity (Wildman–Crippen MR) is 141 cm³/mol. The highest BCUT2D eigenvalue weighted by Gasteiger charge is 2.25. The van der Waals surface area contributed by atoms with Gasteiger partial charge in [-0.2, -0.15) is 0 Å². The largest absolute Gasteiger partial charge is 0.495 e. The number of morpholine rings is 1. The van der Waals surface area contributed by atoms with Crippen molar-refractivity contribution >= 4 is 33.0 Å². The van der Waals surface area contributed by atoms with Gasteiger partial charge in [0.15, 0.2) is 11.5 Å². The summed E-state index contributed by atoms with van der Waals surface area (Å²) in [5, 5.41) is 2.78. The highest BCUT2D eigenvalue weighted by atomic mass is 32.2. The fraction of sp³-hybridized carbons (Fsp3) is 0.269. The Kier molecular flexibility index (Phi) is 8.04. The van der Waals surface area contributed by atoms with Crippen molar-refractivity contribution < 1.29 is 32.2 Å². The third-order valence-electron chi connectivity index (χ3n) is 5.86. The quantitative estimate of drug-likeness (QED) is 0.434. The number of methoxy groups -OCH3 is 3. The molecule has 1 amide bonds. The number of sulfonamides is 1. The molecule has 0 aliphatic carbocycles. The van der Waals surface area contributed by atoms with Gasteiger partial charge in [0.05, 0.1) is 45.9 Å². The van der Waals surface area contributed by atoms with Gasteiger partial charge in [-0.05, 0) is 48.5 Å². The first-order chi connectivity index (χ1) is 17.9. The zero-order chi connectivity index (χ0) is 26.4. The maximum Gasteiger partial charge on any atom is 0.264 e. The van der Waals surface area contributed by atoms with E-state index in [0.717, 1.165) is 0 Å². The van der Waals surface area contributed by atoms with E-state index in [-0.39, 0.29) is 4.90 Å². The van der Waals surface area contributed by atoms with Gasteiger partial charge in [0, 0.05) is 24.3 Å². The number of nitrogens with zero attached hydrogens (tertiary/aromatic N) is 1. The molecule has 0 aromatic heterocycles. The Morgan fingerprint density at radius 3 is 2.27 bits per heavy atom. The standard InChI is InChI=1S/C26H29N3O7S/c1-33-22-7-5-4-6-20(22)28-37(31,32)25-17-19(9-10-21(25)29-12-14-36-15-13-29)27-26(30)18-8-11-23(34-2)24(16-18)35-3/h4-11,16-17,28H,12-15H2,1-3H3,(H,27,30). The van der Waals surface area contributed by atoms with E-state index in [1.165, 1.54) is 27.4 Å². The molecule has 1 saturated heterocycles. The van der Waals surface area contributed by atoms with Crippen LogP contribution in [-0.2, 0) is 14.8 Å². The van der Waals surface area contributed by atoms with Crippen molar-refractivity contribution in [3.8, 4) is 17.2 Å². The number of benzene rings is 3. The molecule has 37 heavy (non-hydrogen) atoms. The van der Waals surface area contributed by atoms with Crippen LogP contribution in [-0.4, -0.2) is 62.0 Å². The van der Waals surface area contributed by atoms with Crippen LogP contribution in [0.1, 0.15) is 10.4 Å². The molecule has 4 rings (SSSR count). The first-order valence-electron chi connectivity index (χ1n) is 11.5. The molecule has 3 aromatic carbocycles. The highest BCUT2D eigenvalue weighted by molar-refractivity contribution is 7.93. The molecule has 0 atom stereocenters. The van der Waals surface area contributed by atoms with Crippen LogP contribution < -0.4 is 29.1 Å². The minimum Gasteiger partial charge on any atom is -0.495 e. The lowest BCUT2D eigenvalue weighted by atomic mass is 10.1. The number of anilines is 3. The summed E-state index contributed by atoms with van der Waals surface area (Å²) in [7, 11) is 0.391. The van der Waals surface area contributed by atoms with Crippen LogP contribution in [0.2, 0.25) is 0 Å². The maximum atomic E-state index is 13.6. The van der Waals surface area contributed by atoms with Gasteiger partial charge >= 0.3 is 0 Å². The topological polar surface area (TPSA) is 115 Å². The van der Waals surface area contributed by atoms with Crippen LogP contribution in [0, 0.1) is 0 Å². The van der Waals surface area contributed by atoms with E-state index < -0.39 is 15.9 Å². The summed E-state index contributed by atoms with van der Waals surface area (Å²) in [5.74, 6) is 0.852. The van der Waals surface area contributed by atoms with E-state index in [2.05, 4.69) is 10.0 Å². The molecule has 0 spiro atoms. The number of rotatable bonds is 9. The molecule has 1 fully saturated rings. The van der Waals surface area contributed by atoms with Gasteiger partial charge < -0.3 is 29.2 Å². The second-order valence-corrected chi connectivity index (χ2v) is 9.76. The van der Waals surface area contributed by atoms with Gasteiger partial charge in [-0.25, -0.2) is 8.42 Å². The van der Waals surface area contributed by atoms with Gasteiger partial charge in [0.2, 0.25) is 0 Å². The van der Waals surface area contributed by atoms with Crippen molar-refractivity contribution in [3.63, 3.8) is 0 Å². The Morgan fingerprint density at radius 2 is 1.57 bits per heavy atom. The summed E-state index contributed by atoms with van der Waals surface area (Å²) in [6.07, 6.45) is 0. The fourth-order valence-electron chi connectivity index (χ4n) is 3.98. The number of carbonyl (C=O) groups excluding carboxylic acids is 1. The molecule has 1 aliphatic rings. The molecule has 0 unspecified atom stereocenters. The summed E-state index contributed by atoms with van der Waals surface area (Å²) in [4.78, 5) is 15.0. The number of para-hydroxylation sites is 2. The SMILES string of the molecule is COc1ccccc1NS(=O)(=O)c1cc(NC(=O)c2ccc(OC)c(OC)c2)ccc1N1CCOCC1. The van der Waals surface area contributed by atoms with E-state index in [0.29, 0.717) is 66.2 Å². The van der Waals surface area contributed by atoms with E-state index in [9.17, 15) is 13.2 Å². The molecular formula is C26H29N3O7S. The third-order valence-corrected chi connectivity index (χ3v) is 7.25. The lowest BCUT2D eigenvalue weighted by Gasteiger charge is -2.30. The second kappa shape index (κ2) is 11.4. The highest BCUT2D eigenvalue weighted by Crippen LogP contribution is 2.33. The van der Waals surface area contributed by atoms with Crippen molar-refractivity contribution in [1.82, 2.24) is 0 Å². The summed E-state index contributed by atoms with van der Waals surface area (Å²) < 4.78 is 51.1. The van der Waals surface area contributed by atoms with Crippen molar-refractivity contribution in [2.24, 2.45) is 0 Å². The lowest BCUT2D eigenvalue weighted by molar-refractivity contribution is 0.102. The van der Waals surface area contributed by atoms with E-state index >= 15 is 0 Å². The van der Waals surface area contributed by atoms with Gasteiger partial charge in [-0.15, -0.1) is 0 Å². The molecule has 1 heterocycles. The minimum absolute atomic E-state index is 0.0189. The molecule has 3 aromatic rings. The molecule has 11 heteroatoms. The average Bonchev–Trinajstić information content (AvgIpc) is 2.93. The Hall–Kier alpha value is -3.96. The van der Waals surface area contributed by atoms with Gasteiger partial charge in [0.25, 0.3) is 15.9 Å². The lowest BCUT2D eigenvalue weighted by Crippen LogP contribution is -2.37. The van der Waals surface area contributed by atoms with Gasteiger partial charge in [0.1, 0.15) is 10.6 Å². The van der Waals surface area contributed by atoms with Crippen LogP contribution in [0.4, 0.5) is 17.1 Å². The fourth-order valence-corrected chi connectivity index (χ4v) is 5.30. The average molecular weight is 528 g/mol. The number of carbonyl (C=O) groups is 1. The van der Waals surface area contributed by atoms with Crippen LogP contribution >= 0.6 is 0 Å². The number of ether oxygens (including phenoxy) is 4.